The van der Waals surface area contributed by atoms with Crippen LogP contribution in [0.25, 0.3) is 11.5 Å². The van der Waals surface area contributed by atoms with Crippen LogP contribution < -0.4 is 0 Å². The number of carbonyl (C=O) groups is 1. The van der Waals surface area contributed by atoms with E-state index in [2.05, 4.69) is 15.1 Å². The molecule has 7 nitrogen and oxygen atoms in total. The lowest BCUT2D eigenvalue weighted by atomic mass is 10.2. The van der Waals surface area contributed by atoms with Crippen LogP contribution in [0.3, 0.4) is 0 Å². The molecule has 3 rings (SSSR count). The Bertz CT molecular complexity index is 733. The number of oxazole rings is 1. The number of rotatable bonds is 4. The number of hydrogen-bond donors (Lipinski definition) is 1. The summed E-state index contributed by atoms with van der Waals surface area (Å²) in [7, 11) is 0. The molecule has 0 radical (unpaired) electrons. The van der Waals surface area contributed by atoms with Crippen molar-refractivity contribution in [3.05, 3.63) is 54.0 Å². The molecule has 100 valence electrons. The Morgan fingerprint density at radius 3 is 2.95 bits per heavy atom. The van der Waals surface area contributed by atoms with Crippen molar-refractivity contribution in [3.8, 4) is 11.5 Å². The normalized spacial score (nSPS) is 10.6. The highest BCUT2D eigenvalue weighted by Crippen LogP contribution is 2.19. The maximum Gasteiger partial charge on any atom is 0.357 e. The lowest BCUT2D eigenvalue weighted by Crippen LogP contribution is -1.97. The second-order valence-corrected chi connectivity index (χ2v) is 4.01. The van der Waals surface area contributed by atoms with Gasteiger partial charge in [-0.3, -0.25) is 4.98 Å². The van der Waals surface area contributed by atoms with Crippen LogP contribution in [0.2, 0.25) is 0 Å². The van der Waals surface area contributed by atoms with E-state index in [9.17, 15) is 4.79 Å². The molecule has 0 aliphatic heterocycles. The number of aromatic nitrogens is 3. The third-order valence-corrected chi connectivity index (χ3v) is 2.58. The standard InChI is InChI=1S/C13H9N3O4/c17-13(18)10-7-19-12(15-10)6-8-5-11(20-16-8)9-3-1-2-4-14-9/h1-5,7H,6H2,(H,17,18). The minimum absolute atomic E-state index is 0.131. The summed E-state index contributed by atoms with van der Waals surface area (Å²) in [6.45, 7) is 0. The maximum absolute atomic E-state index is 10.7. The first-order valence-electron chi connectivity index (χ1n) is 5.77. The van der Waals surface area contributed by atoms with Gasteiger partial charge in [0.05, 0.1) is 12.1 Å². The SMILES string of the molecule is O=C(O)c1coc(Cc2cc(-c3ccccn3)on2)n1. The Kier molecular flexibility index (Phi) is 3.00. The highest BCUT2D eigenvalue weighted by molar-refractivity contribution is 5.84. The van der Waals surface area contributed by atoms with Crippen LogP contribution in [-0.4, -0.2) is 26.2 Å². The summed E-state index contributed by atoms with van der Waals surface area (Å²) in [6, 6.07) is 7.17. The van der Waals surface area contributed by atoms with Crippen LogP contribution >= 0.6 is 0 Å². The zero-order valence-electron chi connectivity index (χ0n) is 10.2. The van der Waals surface area contributed by atoms with Gasteiger partial charge in [-0.25, -0.2) is 9.78 Å². The Labute approximate surface area is 112 Å². The number of hydrogen-bond acceptors (Lipinski definition) is 6. The average molecular weight is 271 g/mol. The molecule has 7 heteroatoms. The van der Waals surface area contributed by atoms with E-state index in [4.69, 9.17) is 14.0 Å². The summed E-state index contributed by atoms with van der Waals surface area (Å²) in [5, 5.41) is 12.6. The van der Waals surface area contributed by atoms with Crippen LogP contribution in [0, 0.1) is 0 Å². The van der Waals surface area contributed by atoms with Gasteiger partial charge in [0, 0.05) is 12.3 Å². The summed E-state index contributed by atoms with van der Waals surface area (Å²) in [4.78, 5) is 18.7. The summed E-state index contributed by atoms with van der Waals surface area (Å²) in [5.41, 5.74) is 1.13. The van der Waals surface area contributed by atoms with Crippen molar-refractivity contribution < 1.29 is 18.8 Å². The van der Waals surface area contributed by atoms with Gasteiger partial charge in [0.2, 0.25) is 5.89 Å². The van der Waals surface area contributed by atoms with E-state index in [1.807, 2.05) is 6.07 Å². The monoisotopic (exact) mass is 271 g/mol. The molecule has 3 heterocycles. The lowest BCUT2D eigenvalue weighted by molar-refractivity contribution is 0.0690. The average Bonchev–Trinajstić information content (AvgIpc) is 3.10. The number of pyridine rings is 1. The minimum atomic E-state index is -1.13. The van der Waals surface area contributed by atoms with E-state index in [0.29, 0.717) is 17.1 Å². The fraction of sp³-hybridized carbons (Fsp3) is 0.0769. The molecule has 0 atom stereocenters. The summed E-state index contributed by atoms with van der Waals surface area (Å²) < 4.78 is 10.2. The summed E-state index contributed by atoms with van der Waals surface area (Å²) in [5.74, 6) is -0.330. The molecule has 1 N–H and O–H groups in total. The Balaban J connectivity index is 1.78. The molecule has 0 unspecified atom stereocenters. The van der Waals surface area contributed by atoms with Crippen LogP contribution in [0.5, 0.6) is 0 Å². The quantitative estimate of drug-likeness (QED) is 0.774. The first kappa shape index (κ1) is 12.1. The van der Waals surface area contributed by atoms with Crippen LogP contribution in [0.15, 0.2) is 45.7 Å². The molecule has 0 bridgehead atoms. The van der Waals surface area contributed by atoms with Gasteiger partial charge in [0.1, 0.15) is 12.0 Å². The van der Waals surface area contributed by atoms with E-state index in [1.165, 1.54) is 0 Å². The number of carboxylic acid groups (broad SMARTS) is 1. The van der Waals surface area contributed by atoms with Crippen molar-refractivity contribution in [1.82, 2.24) is 15.1 Å². The molecule has 3 aromatic heterocycles. The van der Waals surface area contributed by atoms with Crippen LogP contribution in [0.4, 0.5) is 0 Å². The Morgan fingerprint density at radius 2 is 2.25 bits per heavy atom. The molecule has 0 aliphatic carbocycles. The van der Waals surface area contributed by atoms with Crippen molar-refractivity contribution in [2.75, 3.05) is 0 Å². The third kappa shape index (κ3) is 2.41. The largest absolute Gasteiger partial charge is 0.476 e. The van der Waals surface area contributed by atoms with Gasteiger partial charge in [-0.1, -0.05) is 11.2 Å². The van der Waals surface area contributed by atoms with Gasteiger partial charge in [-0.2, -0.15) is 0 Å². The molecule has 20 heavy (non-hydrogen) atoms. The van der Waals surface area contributed by atoms with Crippen LogP contribution in [0.1, 0.15) is 22.1 Å². The van der Waals surface area contributed by atoms with E-state index >= 15 is 0 Å². The molecule has 0 fully saturated rings. The highest BCUT2D eigenvalue weighted by atomic mass is 16.5. The minimum Gasteiger partial charge on any atom is -0.476 e. The van der Waals surface area contributed by atoms with Crippen molar-refractivity contribution in [2.45, 2.75) is 6.42 Å². The van der Waals surface area contributed by atoms with E-state index in [0.717, 1.165) is 6.26 Å². The molecule has 0 saturated carbocycles. The van der Waals surface area contributed by atoms with Crippen molar-refractivity contribution in [2.24, 2.45) is 0 Å². The third-order valence-electron chi connectivity index (χ3n) is 2.58. The van der Waals surface area contributed by atoms with E-state index < -0.39 is 5.97 Å². The van der Waals surface area contributed by atoms with Gasteiger partial charge in [-0.05, 0) is 12.1 Å². The first-order valence-corrected chi connectivity index (χ1v) is 5.77. The lowest BCUT2D eigenvalue weighted by Gasteiger charge is -1.90. The zero-order valence-corrected chi connectivity index (χ0v) is 10.2. The highest BCUT2D eigenvalue weighted by Gasteiger charge is 2.13. The van der Waals surface area contributed by atoms with Gasteiger partial charge < -0.3 is 14.0 Å². The first-order chi connectivity index (χ1) is 9.72. The molecular formula is C13H9N3O4. The molecule has 0 aromatic carbocycles. The molecule has 0 spiro atoms. The predicted molar refractivity (Wildman–Crippen MR) is 66.0 cm³/mol. The van der Waals surface area contributed by atoms with Gasteiger partial charge >= 0.3 is 5.97 Å². The van der Waals surface area contributed by atoms with Crippen molar-refractivity contribution in [1.29, 1.82) is 0 Å². The molecule has 0 amide bonds. The van der Waals surface area contributed by atoms with Gasteiger partial charge in [0.25, 0.3) is 0 Å². The number of aromatic carboxylic acids is 1. The Hall–Kier alpha value is -2.96. The smallest absolute Gasteiger partial charge is 0.357 e. The van der Waals surface area contributed by atoms with Gasteiger partial charge in [-0.15, -0.1) is 0 Å². The summed E-state index contributed by atoms with van der Waals surface area (Å²) >= 11 is 0. The van der Waals surface area contributed by atoms with E-state index in [-0.39, 0.29) is 18.0 Å². The van der Waals surface area contributed by atoms with E-state index in [1.54, 1.807) is 24.4 Å². The zero-order chi connectivity index (χ0) is 13.9. The predicted octanol–water partition coefficient (Wildman–Crippen LogP) is 2.01. The van der Waals surface area contributed by atoms with Crippen molar-refractivity contribution >= 4 is 5.97 Å². The molecule has 0 saturated heterocycles. The molecular weight excluding hydrogens is 262 g/mol. The Morgan fingerprint density at radius 1 is 1.35 bits per heavy atom. The molecule has 3 aromatic rings. The second kappa shape index (κ2) is 4.96. The second-order valence-electron chi connectivity index (χ2n) is 4.01. The van der Waals surface area contributed by atoms with Crippen molar-refractivity contribution in [3.63, 3.8) is 0 Å². The number of carboxylic acids is 1. The fourth-order valence-corrected chi connectivity index (χ4v) is 1.67. The maximum atomic E-state index is 10.7. The van der Waals surface area contributed by atoms with Gasteiger partial charge in [0.15, 0.2) is 11.5 Å². The van der Waals surface area contributed by atoms with Crippen LogP contribution in [-0.2, 0) is 6.42 Å². The topological polar surface area (TPSA) is 102 Å². The fourth-order valence-electron chi connectivity index (χ4n) is 1.67. The molecule has 0 aliphatic rings. The summed E-state index contributed by atoms with van der Waals surface area (Å²) in [6.07, 6.45) is 3.01. The number of nitrogens with zero attached hydrogens (tertiary/aromatic N) is 3.